The number of rotatable bonds is 4. The summed E-state index contributed by atoms with van der Waals surface area (Å²) in [6.07, 6.45) is 1.32. The van der Waals surface area contributed by atoms with Crippen molar-refractivity contribution >= 4 is 17.2 Å². The van der Waals surface area contributed by atoms with Crippen molar-refractivity contribution in [3.8, 4) is 0 Å². The van der Waals surface area contributed by atoms with E-state index in [1.54, 1.807) is 6.92 Å². The van der Waals surface area contributed by atoms with E-state index in [0.29, 0.717) is 11.3 Å². The first-order valence-electron chi connectivity index (χ1n) is 6.10. The Morgan fingerprint density at radius 2 is 2.18 bits per heavy atom. The molecule has 1 aliphatic rings. The van der Waals surface area contributed by atoms with Gasteiger partial charge in [0.15, 0.2) is 5.78 Å². The Morgan fingerprint density at radius 3 is 2.65 bits per heavy atom. The fourth-order valence-corrected chi connectivity index (χ4v) is 2.22. The minimum absolute atomic E-state index is 0.0209. The summed E-state index contributed by atoms with van der Waals surface area (Å²) in [5, 5.41) is 0. The van der Waals surface area contributed by atoms with Gasteiger partial charge in [0, 0.05) is 30.5 Å². The van der Waals surface area contributed by atoms with E-state index < -0.39 is 0 Å². The largest absolute Gasteiger partial charge is 0.398 e. The molecule has 0 bridgehead atoms. The number of nitrogens with two attached hydrogens (primary N) is 1. The van der Waals surface area contributed by atoms with Crippen molar-refractivity contribution in [3.05, 3.63) is 23.8 Å². The van der Waals surface area contributed by atoms with Crippen LogP contribution in [0.15, 0.2) is 18.2 Å². The molecule has 1 aliphatic carbocycles. The lowest BCUT2D eigenvalue weighted by Gasteiger charge is -2.20. The number of nitrogen functional groups attached to an aromatic ring is 1. The van der Waals surface area contributed by atoms with Crippen LogP contribution >= 0.6 is 0 Å². The van der Waals surface area contributed by atoms with Gasteiger partial charge in [0.2, 0.25) is 0 Å². The molecule has 3 nitrogen and oxygen atoms in total. The molecule has 0 heterocycles. The van der Waals surface area contributed by atoms with Crippen molar-refractivity contribution in [1.82, 2.24) is 0 Å². The Labute approximate surface area is 103 Å². The van der Waals surface area contributed by atoms with Gasteiger partial charge in [-0.3, -0.25) is 4.79 Å². The van der Waals surface area contributed by atoms with Gasteiger partial charge in [0.1, 0.15) is 0 Å². The van der Waals surface area contributed by atoms with Crippen molar-refractivity contribution in [1.29, 1.82) is 0 Å². The zero-order valence-electron chi connectivity index (χ0n) is 10.7. The molecule has 0 aliphatic heterocycles. The van der Waals surface area contributed by atoms with Crippen LogP contribution in [0.1, 0.15) is 30.6 Å². The van der Waals surface area contributed by atoms with Crippen LogP contribution < -0.4 is 10.6 Å². The van der Waals surface area contributed by atoms with Crippen molar-refractivity contribution in [3.63, 3.8) is 0 Å². The van der Waals surface area contributed by atoms with E-state index in [4.69, 9.17) is 5.73 Å². The van der Waals surface area contributed by atoms with Gasteiger partial charge in [0.05, 0.1) is 0 Å². The lowest BCUT2D eigenvalue weighted by atomic mass is 10.1. The van der Waals surface area contributed by atoms with Gasteiger partial charge in [-0.15, -0.1) is 0 Å². The van der Waals surface area contributed by atoms with Crippen LogP contribution in [0.4, 0.5) is 11.4 Å². The van der Waals surface area contributed by atoms with Crippen molar-refractivity contribution in [2.24, 2.45) is 11.8 Å². The topological polar surface area (TPSA) is 46.3 Å². The summed E-state index contributed by atoms with van der Waals surface area (Å²) < 4.78 is 0. The smallest absolute Gasteiger partial charge is 0.161 e. The van der Waals surface area contributed by atoms with E-state index in [2.05, 4.69) is 18.9 Å². The molecule has 0 amide bonds. The number of benzene rings is 1. The lowest BCUT2D eigenvalue weighted by molar-refractivity contribution is 0.101. The molecule has 1 saturated carbocycles. The normalized spacial score (nSPS) is 22.3. The number of nitrogens with zero attached hydrogens (tertiary/aromatic N) is 1. The van der Waals surface area contributed by atoms with E-state index in [-0.39, 0.29) is 5.78 Å². The Bertz CT molecular complexity index is 442. The van der Waals surface area contributed by atoms with E-state index in [1.165, 1.54) is 6.42 Å². The maximum atomic E-state index is 11.3. The molecular formula is C14H20N2O. The first-order chi connectivity index (χ1) is 7.99. The van der Waals surface area contributed by atoms with Gasteiger partial charge in [0.25, 0.3) is 0 Å². The van der Waals surface area contributed by atoms with Gasteiger partial charge in [-0.2, -0.15) is 0 Å². The number of Topliss-reactive ketones (excluding diaryl/α,β-unsaturated/α-hetero) is 1. The summed E-state index contributed by atoms with van der Waals surface area (Å²) in [5.41, 5.74) is 8.16. The molecule has 3 heteroatoms. The first kappa shape index (κ1) is 12.0. The van der Waals surface area contributed by atoms with Crippen molar-refractivity contribution in [2.75, 3.05) is 24.2 Å². The standard InChI is InChI=1S/C14H20N2O/c1-9-6-11(9)8-16(3)12-4-5-13(10(2)17)14(15)7-12/h4-5,7,9,11H,6,8,15H2,1-3H3. The van der Waals surface area contributed by atoms with Crippen LogP contribution in [-0.4, -0.2) is 19.4 Å². The summed E-state index contributed by atoms with van der Waals surface area (Å²) in [5.74, 6) is 1.69. The highest BCUT2D eigenvalue weighted by atomic mass is 16.1. The Balaban J connectivity index is 2.10. The Morgan fingerprint density at radius 1 is 1.53 bits per heavy atom. The second-order valence-corrected chi connectivity index (χ2v) is 5.18. The molecule has 2 N–H and O–H groups in total. The number of hydrogen-bond donors (Lipinski definition) is 1. The van der Waals surface area contributed by atoms with Crippen LogP contribution in [0.5, 0.6) is 0 Å². The zero-order valence-corrected chi connectivity index (χ0v) is 10.7. The Kier molecular flexibility index (Phi) is 3.09. The molecule has 17 heavy (non-hydrogen) atoms. The molecule has 1 fully saturated rings. The number of hydrogen-bond acceptors (Lipinski definition) is 3. The highest BCUT2D eigenvalue weighted by Crippen LogP contribution is 2.38. The molecule has 0 saturated heterocycles. The minimum atomic E-state index is 0.0209. The second kappa shape index (κ2) is 4.40. The molecule has 1 aromatic rings. The molecule has 2 rings (SSSR count). The third-order valence-corrected chi connectivity index (χ3v) is 3.64. The van der Waals surface area contributed by atoms with Crippen molar-refractivity contribution < 1.29 is 4.79 Å². The number of carbonyl (C=O) groups is 1. The van der Waals surface area contributed by atoms with Crippen LogP contribution in [0.2, 0.25) is 0 Å². The predicted molar refractivity (Wildman–Crippen MR) is 71.4 cm³/mol. The average molecular weight is 232 g/mol. The summed E-state index contributed by atoms with van der Waals surface area (Å²) in [7, 11) is 2.08. The number of ketones is 1. The molecule has 0 spiro atoms. The van der Waals surface area contributed by atoms with Crippen LogP contribution in [0.3, 0.4) is 0 Å². The number of carbonyl (C=O) groups excluding carboxylic acids is 1. The molecule has 2 unspecified atom stereocenters. The van der Waals surface area contributed by atoms with Gasteiger partial charge in [-0.1, -0.05) is 6.92 Å². The van der Waals surface area contributed by atoms with E-state index in [9.17, 15) is 4.79 Å². The van der Waals surface area contributed by atoms with Gasteiger partial charge >= 0.3 is 0 Å². The lowest BCUT2D eigenvalue weighted by Crippen LogP contribution is -2.20. The molecular weight excluding hydrogens is 212 g/mol. The fourth-order valence-electron chi connectivity index (χ4n) is 2.22. The Hall–Kier alpha value is -1.51. The molecule has 1 aromatic carbocycles. The molecule has 0 aromatic heterocycles. The highest BCUT2D eigenvalue weighted by molar-refractivity contribution is 5.99. The highest BCUT2D eigenvalue weighted by Gasteiger charge is 2.33. The van der Waals surface area contributed by atoms with Gasteiger partial charge in [-0.05, 0) is 43.4 Å². The van der Waals surface area contributed by atoms with Crippen molar-refractivity contribution in [2.45, 2.75) is 20.3 Å². The molecule has 2 atom stereocenters. The van der Waals surface area contributed by atoms with E-state index in [0.717, 1.165) is 24.1 Å². The second-order valence-electron chi connectivity index (χ2n) is 5.18. The van der Waals surface area contributed by atoms with Crippen LogP contribution in [-0.2, 0) is 0 Å². The third kappa shape index (κ3) is 2.60. The monoisotopic (exact) mass is 232 g/mol. The maximum absolute atomic E-state index is 11.3. The third-order valence-electron chi connectivity index (χ3n) is 3.64. The average Bonchev–Trinajstić information content (AvgIpc) is 2.93. The van der Waals surface area contributed by atoms with Crippen LogP contribution in [0, 0.1) is 11.8 Å². The number of anilines is 2. The van der Waals surface area contributed by atoms with Gasteiger partial charge < -0.3 is 10.6 Å². The zero-order chi connectivity index (χ0) is 12.6. The van der Waals surface area contributed by atoms with Crippen LogP contribution in [0.25, 0.3) is 0 Å². The van der Waals surface area contributed by atoms with E-state index >= 15 is 0 Å². The SMILES string of the molecule is CC(=O)c1ccc(N(C)CC2CC2C)cc1N. The van der Waals surface area contributed by atoms with E-state index in [1.807, 2.05) is 18.2 Å². The molecule has 0 radical (unpaired) electrons. The molecule has 92 valence electrons. The summed E-state index contributed by atoms with van der Waals surface area (Å²) >= 11 is 0. The maximum Gasteiger partial charge on any atom is 0.161 e. The summed E-state index contributed by atoms with van der Waals surface area (Å²) in [4.78, 5) is 13.5. The summed E-state index contributed by atoms with van der Waals surface area (Å²) in [6, 6.07) is 5.68. The summed E-state index contributed by atoms with van der Waals surface area (Å²) in [6.45, 7) is 4.90. The fraction of sp³-hybridized carbons (Fsp3) is 0.500. The minimum Gasteiger partial charge on any atom is -0.398 e. The van der Waals surface area contributed by atoms with Gasteiger partial charge in [-0.25, -0.2) is 0 Å². The predicted octanol–water partition coefficient (Wildman–Crippen LogP) is 2.56. The first-order valence-corrected chi connectivity index (χ1v) is 6.10. The quantitative estimate of drug-likeness (QED) is 0.641.